The van der Waals surface area contributed by atoms with Crippen LogP contribution in [-0.4, -0.2) is 40.2 Å². The Morgan fingerprint density at radius 2 is 1.57 bits per heavy atom. The van der Waals surface area contributed by atoms with Crippen LogP contribution in [0.1, 0.15) is 33.1 Å². The monoisotopic (exact) mass is 572 g/mol. The number of halogens is 2. The molecule has 7 nitrogen and oxygen atoms in total. The summed E-state index contributed by atoms with van der Waals surface area (Å²) in [7, 11) is 0. The standard InChI is InChI=1S/C31H26Cl2N4O3/c1-20-3-2-4-21(17-20)18-35-30(39)29-28(22-5-7-24(32)8-6-22)37(26-11-9-25(33)10-12-26)27(38)19-36(29)31(40)23-13-15-34-16-14-23/h2-17,28-29H,18-19H2,1H3,(H,35,39)/t28-,29+/m1/s1. The second-order valence-corrected chi connectivity index (χ2v) is 10.4. The summed E-state index contributed by atoms with van der Waals surface area (Å²) < 4.78 is 0. The Hall–Kier alpha value is -4.20. The van der Waals surface area contributed by atoms with Crippen molar-refractivity contribution in [2.75, 3.05) is 11.4 Å². The SMILES string of the molecule is Cc1cccc(CNC(=O)[C@@H]2[C@@H](c3ccc(Cl)cc3)N(c3ccc(Cl)cc3)C(=O)CN2C(=O)c2ccncc2)c1. The van der Waals surface area contributed by atoms with E-state index in [1.54, 1.807) is 65.6 Å². The van der Waals surface area contributed by atoms with E-state index in [9.17, 15) is 14.4 Å². The summed E-state index contributed by atoms with van der Waals surface area (Å²) in [6.45, 7) is 1.95. The van der Waals surface area contributed by atoms with Crippen LogP contribution in [0.3, 0.4) is 0 Å². The van der Waals surface area contributed by atoms with E-state index in [4.69, 9.17) is 23.2 Å². The number of aromatic nitrogens is 1. The molecule has 3 aromatic carbocycles. The Bertz CT molecular complexity index is 1530. The van der Waals surface area contributed by atoms with Gasteiger partial charge >= 0.3 is 0 Å². The van der Waals surface area contributed by atoms with E-state index in [0.717, 1.165) is 11.1 Å². The van der Waals surface area contributed by atoms with Crippen molar-refractivity contribution in [3.05, 3.63) is 130 Å². The average Bonchev–Trinajstić information content (AvgIpc) is 2.96. The lowest BCUT2D eigenvalue weighted by Crippen LogP contribution is -2.64. The van der Waals surface area contributed by atoms with Gasteiger partial charge in [0.05, 0.1) is 6.04 Å². The van der Waals surface area contributed by atoms with Crippen molar-refractivity contribution in [3.63, 3.8) is 0 Å². The maximum absolute atomic E-state index is 14.1. The molecule has 1 saturated heterocycles. The van der Waals surface area contributed by atoms with Crippen LogP contribution in [0.5, 0.6) is 0 Å². The Labute approximate surface area is 242 Å². The van der Waals surface area contributed by atoms with Gasteiger partial charge in [0.1, 0.15) is 12.6 Å². The van der Waals surface area contributed by atoms with E-state index in [0.29, 0.717) is 26.9 Å². The number of anilines is 1. The first kappa shape index (κ1) is 27.4. The van der Waals surface area contributed by atoms with Crippen molar-refractivity contribution in [2.45, 2.75) is 25.6 Å². The Kier molecular flexibility index (Phi) is 8.14. The van der Waals surface area contributed by atoms with Gasteiger partial charge in [0.25, 0.3) is 5.91 Å². The van der Waals surface area contributed by atoms with Crippen molar-refractivity contribution >= 4 is 46.6 Å². The van der Waals surface area contributed by atoms with Crippen LogP contribution in [0.15, 0.2) is 97.3 Å². The molecule has 1 aliphatic heterocycles. The van der Waals surface area contributed by atoms with Crippen LogP contribution < -0.4 is 10.2 Å². The molecular formula is C31H26Cl2N4O3. The summed E-state index contributed by atoms with van der Waals surface area (Å²) in [5, 5.41) is 4.03. The third-order valence-electron chi connectivity index (χ3n) is 6.81. The number of rotatable bonds is 6. The molecule has 1 fully saturated rings. The highest BCUT2D eigenvalue weighted by atomic mass is 35.5. The number of hydrogen-bond acceptors (Lipinski definition) is 4. The van der Waals surface area contributed by atoms with Crippen LogP contribution >= 0.6 is 23.2 Å². The second kappa shape index (κ2) is 11.9. The highest BCUT2D eigenvalue weighted by molar-refractivity contribution is 6.31. The number of benzene rings is 3. The summed E-state index contributed by atoms with van der Waals surface area (Å²) in [4.78, 5) is 48.6. The zero-order valence-electron chi connectivity index (χ0n) is 21.6. The van der Waals surface area contributed by atoms with Crippen molar-refractivity contribution in [1.82, 2.24) is 15.2 Å². The number of carbonyl (C=O) groups excluding carboxylic acids is 3. The van der Waals surface area contributed by atoms with Gasteiger partial charge in [0.2, 0.25) is 11.8 Å². The molecule has 40 heavy (non-hydrogen) atoms. The number of hydrogen-bond donors (Lipinski definition) is 1. The molecule has 2 atom stereocenters. The van der Waals surface area contributed by atoms with Gasteiger partial charge in [-0.2, -0.15) is 0 Å². The molecule has 202 valence electrons. The molecule has 0 spiro atoms. The van der Waals surface area contributed by atoms with Gasteiger partial charge in [0, 0.05) is 40.2 Å². The minimum atomic E-state index is -1.06. The minimum Gasteiger partial charge on any atom is -0.350 e. The van der Waals surface area contributed by atoms with E-state index >= 15 is 0 Å². The van der Waals surface area contributed by atoms with Crippen molar-refractivity contribution in [3.8, 4) is 0 Å². The molecular weight excluding hydrogens is 547 g/mol. The number of pyridine rings is 1. The fourth-order valence-corrected chi connectivity index (χ4v) is 5.20. The molecule has 0 saturated carbocycles. The number of nitrogens with one attached hydrogen (secondary N) is 1. The van der Waals surface area contributed by atoms with Gasteiger partial charge in [0.15, 0.2) is 0 Å². The van der Waals surface area contributed by atoms with E-state index in [1.807, 2.05) is 31.2 Å². The quantitative estimate of drug-likeness (QED) is 0.325. The Balaban J connectivity index is 1.61. The van der Waals surface area contributed by atoms with Crippen molar-refractivity contribution in [2.24, 2.45) is 0 Å². The van der Waals surface area contributed by atoms with Gasteiger partial charge < -0.3 is 15.1 Å². The second-order valence-electron chi connectivity index (χ2n) is 9.56. The molecule has 1 aliphatic rings. The van der Waals surface area contributed by atoms with Crippen molar-refractivity contribution < 1.29 is 14.4 Å². The van der Waals surface area contributed by atoms with Crippen LogP contribution in [0, 0.1) is 6.92 Å². The molecule has 5 rings (SSSR count). The van der Waals surface area contributed by atoms with Crippen LogP contribution in [0.2, 0.25) is 10.0 Å². The first-order valence-electron chi connectivity index (χ1n) is 12.7. The Morgan fingerprint density at radius 3 is 2.23 bits per heavy atom. The lowest BCUT2D eigenvalue weighted by Gasteiger charge is -2.46. The van der Waals surface area contributed by atoms with E-state index < -0.39 is 23.9 Å². The number of nitrogens with zero attached hydrogens (tertiary/aromatic N) is 3. The Morgan fingerprint density at radius 1 is 0.925 bits per heavy atom. The van der Waals surface area contributed by atoms with Gasteiger partial charge in [-0.3, -0.25) is 19.4 Å². The third kappa shape index (κ3) is 5.86. The highest BCUT2D eigenvalue weighted by Crippen LogP contribution is 2.37. The summed E-state index contributed by atoms with van der Waals surface area (Å²) in [6.07, 6.45) is 3.00. The third-order valence-corrected chi connectivity index (χ3v) is 7.31. The fraction of sp³-hybridized carbons (Fsp3) is 0.161. The van der Waals surface area contributed by atoms with E-state index in [2.05, 4.69) is 10.3 Å². The maximum atomic E-state index is 14.1. The molecule has 1 aromatic heterocycles. The highest BCUT2D eigenvalue weighted by Gasteiger charge is 2.48. The molecule has 0 aliphatic carbocycles. The number of piperazine rings is 1. The summed E-state index contributed by atoms with van der Waals surface area (Å²) in [5.41, 5.74) is 3.52. The zero-order chi connectivity index (χ0) is 28.2. The lowest BCUT2D eigenvalue weighted by atomic mass is 9.91. The fourth-order valence-electron chi connectivity index (χ4n) is 4.94. The average molecular weight is 573 g/mol. The van der Waals surface area contributed by atoms with Gasteiger partial charge in [-0.15, -0.1) is 0 Å². The van der Waals surface area contributed by atoms with Gasteiger partial charge in [-0.05, 0) is 66.6 Å². The molecule has 0 radical (unpaired) electrons. The normalized spacial score (nSPS) is 17.0. The maximum Gasteiger partial charge on any atom is 0.255 e. The number of carbonyl (C=O) groups is 3. The largest absolute Gasteiger partial charge is 0.350 e. The molecule has 3 amide bonds. The van der Waals surface area contributed by atoms with Gasteiger partial charge in [-0.1, -0.05) is 65.2 Å². The smallest absolute Gasteiger partial charge is 0.255 e. The van der Waals surface area contributed by atoms with Crippen molar-refractivity contribution in [1.29, 1.82) is 0 Å². The predicted molar refractivity (Wildman–Crippen MR) is 155 cm³/mol. The lowest BCUT2D eigenvalue weighted by molar-refractivity contribution is -0.131. The number of amides is 3. The molecule has 9 heteroatoms. The topological polar surface area (TPSA) is 82.6 Å². The first-order chi connectivity index (χ1) is 19.3. The predicted octanol–water partition coefficient (Wildman–Crippen LogP) is 5.61. The molecule has 2 heterocycles. The molecule has 1 N–H and O–H groups in total. The summed E-state index contributed by atoms with van der Waals surface area (Å²) >= 11 is 12.3. The summed E-state index contributed by atoms with van der Waals surface area (Å²) in [6, 6.07) is 22.8. The van der Waals surface area contributed by atoms with E-state index in [1.165, 1.54) is 17.3 Å². The van der Waals surface area contributed by atoms with E-state index in [-0.39, 0.29) is 19.0 Å². The van der Waals surface area contributed by atoms with Crippen LogP contribution in [-0.2, 0) is 16.1 Å². The zero-order valence-corrected chi connectivity index (χ0v) is 23.1. The van der Waals surface area contributed by atoms with Crippen LogP contribution in [0.25, 0.3) is 0 Å². The molecule has 0 bridgehead atoms. The van der Waals surface area contributed by atoms with Gasteiger partial charge in [-0.25, -0.2) is 0 Å². The molecule has 0 unspecified atom stereocenters. The molecule has 4 aromatic rings. The first-order valence-corrected chi connectivity index (χ1v) is 13.4. The summed E-state index contributed by atoms with van der Waals surface area (Å²) in [5.74, 6) is -1.18. The van der Waals surface area contributed by atoms with Crippen LogP contribution in [0.4, 0.5) is 5.69 Å². The number of aryl methyl sites for hydroxylation is 1. The minimum absolute atomic E-state index is 0.260.